The van der Waals surface area contributed by atoms with Crippen LogP contribution >= 0.6 is 0 Å². The lowest BCUT2D eigenvalue weighted by Crippen LogP contribution is -2.12. The van der Waals surface area contributed by atoms with Gasteiger partial charge in [-0.1, -0.05) is 6.07 Å². The van der Waals surface area contributed by atoms with Gasteiger partial charge in [0.2, 0.25) is 0 Å². The third-order valence-corrected chi connectivity index (χ3v) is 1.82. The molecule has 0 fully saturated rings. The number of hydrogen-bond acceptors (Lipinski definition) is 2. The molecule has 0 aliphatic heterocycles. The van der Waals surface area contributed by atoms with Gasteiger partial charge in [0.1, 0.15) is 5.82 Å². The molecule has 0 aromatic heterocycles. The summed E-state index contributed by atoms with van der Waals surface area (Å²) >= 11 is 0. The van der Waals surface area contributed by atoms with Crippen molar-refractivity contribution in [2.45, 2.75) is 13.0 Å². The Morgan fingerprint density at radius 3 is 2.83 bits per heavy atom. The molecule has 12 heavy (non-hydrogen) atoms. The first-order valence-electron chi connectivity index (χ1n) is 3.79. The van der Waals surface area contributed by atoms with Crippen LogP contribution in [0.4, 0.5) is 4.39 Å². The fourth-order valence-corrected chi connectivity index (χ4v) is 1.10. The summed E-state index contributed by atoms with van der Waals surface area (Å²) in [6, 6.07) is 4.30. The maximum absolute atomic E-state index is 12.7. The van der Waals surface area contributed by atoms with Crippen LogP contribution in [-0.2, 0) is 0 Å². The second-order valence-electron chi connectivity index (χ2n) is 2.75. The Morgan fingerprint density at radius 2 is 2.25 bits per heavy atom. The Balaban J connectivity index is 3.04. The van der Waals surface area contributed by atoms with E-state index in [-0.39, 0.29) is 12.4 Å². The molecule has 0 aliphatic carbocycles. The average Bonchev–Trinajstić information content (AvgIpc) is 2.08. The van der Waals surface area contributed by atoms with Crippen molar-refractivity contribution in [1.29, 1.82) is 0 Å². The van der Waals surface area contributed by atoms with Crippen LogP contribution in [-0.4, -0.2) is 11.7 Å². The highest BCUT2D eigenvalue weighted by Crippen LogP contribution is 2.17. The largest absolute Gasteiger partial charge is 0.387 e. The van der Waals surface area contributed by atoms with Crippen molar-refractivity contribution >= 4 is 0 Å². The molecule has 0 aliphatic rings. The SMILES string of the molecule is Cc1ccc(F)cc1C(O)CN. The first-order chi connectivity index (χ1) is 5.65. The minimum absolute atomic E-state index is 0.115. The minimum Gasteiger partial charge on any atom is -0.387 e. The molecule has 1 unspecified atom stereocenters. The first-order valence-corrected chi connectivity index (χ1v) is 3.79. The van der Waals surface area contributed by atoms with Crippen molar-refractivity contribution in [3.8, 4) is 0 Å². The van der Waals surface area contributed by atoms with Crippen molar-refractivity contribution in [3.63, 3.8) is 0 Å². The molecule has 0 saturated heterocycles. The zero-order chi connectivity index (χ0) is 9.14. The Kier molecular flexibility index (Phi) is 2.78. The molecule has 0 radical (unpaired) electrons. The van der Waals surface area contributed by atoms with Crippen molar-refractivity contribution in [2.24, 2.45) is 5.73 Å². The molecular formula is C9H12FNO. The van der Waals surface area contributed by atoms with Crippen molar-refractivity contribution in [2.75, 3.05) is 6.54 Å². The van der Waals surface area contributed by atoms with Gasteiger partial charge in [-0.25, -0.2) is 4.39 Å². The number of aryl methyl sites for hydroxylation is 1. The highest BCUT2D eigenvalue weighted by molar-refractivity contribution is 5.28. The summed E-state index contributed by atoms with van der Waals surface area (Å²) in [7, 11) is 0. The molecule has 3 N–H and O–H groups in total. The molecule has 0 amide bonds. The molecular weight excluding hydrogens is 157 g/mol. The summed E-state index contributed by atoms with van der Waals surface area (Å²) in [5.74, 6) is -0.344. The molecule has 1 aromatic rings. The Hall–Kier alpha value is -0.930. The summed E-state index contributed by atoms with van der Waals surface area (Å²) < 4.78 is 12.7. The second kappa shape index (κ2) is 3.65. The van der Waals surface area contributed by atoms with Crippen LogP contribution in [0.1, 0.15) is 17.2 Å². The maximum atomic E-state index is 12.7. The van der Waals surface area contributed by atoms with E-state index in [4.69, 9.17) is 5.73 Å². The van der Waals surface area contributed by atoms with Crippen LogP contribution in [0.25, 0.3) is 0 Å². The number of aliphatic hydroxyl groups is 1. The molecule has 0 heterocycles. The summed E-state index contributed by atoms with van der Waals surface area (Å²) in [5.41, 5.74) is 6.67. The number of benzene rings is 1. The van der Waals surface area contributed by atoms with E-state index in [1.807, 2.05) is 6.92 Å². The molecule has 2 nitrogen and oxygen atoms in total. The third-order valence-electron chi connectivity index (χ3n) is 1.82. The Morgan fingerprint density at radius 1 is 1.58 bits per heavy atom. The summed E-state index contributed by atoms with van der Waals surface area (Å²) in [4.78, 5) is 0. The Labute approximate surface area is 70.8 Å². The summed E-state index contributed by atoms with van der Waals surface area (Å²) in [6.45, 7) is 1.93. The standard InChI is InChI=1S/C9H12FNO/c1-6-2-3-7(10)4-8(6)9(12)5-11/h2-4,9,12H,5,11H2,1H3. The maximum Gasteiger partial charge on any atom is 0.123 e. The summed E-state index contributed by atoms with van der Waals surface area (Å²) in [5, 5.41) is 9.34. The van der Waals surface area contributed by atoms with E-state index >= 15 is 0 Å². The van der Waals surface area contributed by atoms with Gasteiger partial charge in [-0.15, -0.1) is 0 Å². The van der Waals surface area contributed by atoms with Crippen molar-refractivity contribution < 1.29 is 9.50 Å². The molecule has 1 atom stereocenters. The molecule has 3 heteroatoms. The topological polar surface area (TPSA) is 46.2 Å². The molecule has 66 valence electrons. The van der Waals surface area contributed by atoms with Gasteiger partial charge in [0.05, 0.1) is 6.10 Å². The van der Waals surface area contributed by atoms with Gasteiger partial charge in [0.25, 0.3) is 0 Å². The quantitative estimate of drug-likeness (QED) is 0.697. The molecule has 0 bridgehead atoms. The zero-order valence-corrected chi connectivity index (χ0v) is 6.92. The Bertz CT molecular complexity index is 275. The van der Waals surface area contributed by atoms with Crippen LogP contribution in [0.2, 0.25) is 0 Å². The average molecular weight is 169 g/mol. The predicted octanol–water partition coefficient (Wildman–Crippen LogP) is 1.13. The van der Waals surface area contributed by atoms with Gasteiger partial charge in [0, 0.05) is 6.54 Å². The van der Waals surface area contributed by atoms with E-state index in [1.165, 1.54) is 12.1 Å². The van der Waals surface area contributed by atoms with Gasteiger partial charge in [0.15, 0.2) is 0 Å². The highest BCUT2D eigenvalue weighted by atomic mass is 19.1. The fourth-order valence-electron chi connectivity index (χ4n) is 1.10. The van der Waals surface area contributed by atoms with E-state index in [9.17, 15) is 9.50 Å². The number of nitrogens with two attached hydrogens (primary N) is 1. The minimum atomic E-state index is -0.763. The van der Waals surface area contributed by atoms with E-state index in [0.29, 0.717) is 5.56 Å². The number of hydrogen-bond donors (Lipinski definition) is 2. The van der Waals surface area contributed by atoms with Gasteiger partial charge in [-0.05, 0) is 30.2 Å². The lowest BCUT2D eigenvalue weighted by atomic mass is 10.0. The number of aliphatic hydroxyl groups excluding tert-OH is 1. The van der Waals surface area contributed by atoms with Crippen LogP contribution in [0, 0.1) is 12.7 Å². The highest BCUT2D eigenvalue weighted by Gasteiger charge is 2.08. The predicted molar refractivity (Wildman–Crippen MR) is 45.2 cm³/mol. The summed E-state index contributed by atoms with van der Waals surface area (Å²) in [6.07, 6.45) is -0.763. The van der Waals surface area contributed by atoms with Gasteiger partial charge in [-0.3, -0.25) is 0 Å². The second-order valence-corrected chi connectivity index (χ2v) is 2.75. The first kappa shape index (κ1) is 9.16. The van der Waals surface area contributed by atoms with Crippen LogP contribution in [0.15, 0.2) is 18.2 Å². The van der Waals surface area contributed by atoms with Crippen molar-refractivity contribution in [3.05, 3.63) is 35.1 Å². The molecule has 1 aromatic carbocycles. The number of halogens is 1. The zero-order valence-electron chi connectivity index (χ0n) is 6.92. The van der Waals surface area contributed by atoms with E-state index in [0.717, 1.165) is 5.56 Å². The normalized spacial score (nSPS) is 13.0. The fraction of sp³-hybridized carbons (Fsp3) is 0.333. The lowest BCUT2D eigenvalue weighted by Gasteiger charge is -2.10. The molecule has 0 spiro atoms. The smallest absolute Gasteiger partial charge is 0.123 e. The van der Waals surface area contributed by atoms with Crippen LogP contribution in [0.5, 0.6) is 0 Å². The van der Waals surface area contributed by atoms with Crippen molar-refractivity contribution in [1.82, 2.24) is 0 Å². The van der Waals surface area contributed by atoms with E-state index < -0.39 is 6.10 Å². The lowest BCUT2D eigenvalue weighted by molar-refractivity contribution is 0.185. The van der Waals surface area contributed by atoms with E-state index in [1.54, 1.807) is 6.07 Å². The van der Waals surface area contributed by atoms with Crippen LogP contribution in [0.3, 0.4) is 0 Å². The molecule has 1 rings (SSSR count). The van der Waals surface area contributed by atoms with Gasteiger partial charge in [-0.2, -0.15) is 0 Å². The third kappa shape index (κ3) is 1.81. The monoisotopic (exact) mass is 169 g/mol. The van der Waals surface area contributed by atoms with E-state index in [2.05, 4.69) is 0 Å². The molecule has 0 saturated carbocycles. The van der Waals surface area contributed by atoms with Gasteiger partial charge < -0.3 is 10.8 Å². The van der Waals surface area contributed by atoms with Gasteiger partial charge >= 0.3 is 0 Å². The number of rotatable bonds is 2. The van der Waals surface area contributed by atoms with Crippen LogP contribution < -0.4 is 5.73 Å².